The fourth-order valence-corrected chi connectivity index (χ4v) is 6.68. The van der Waals surface area contributed by atoms with Crippen LogP contribution in [0.2, 0.25) is 0 Å². The zero-order chi connectivity index (χ0) is 27.2. The van der Waals surface area contributed by atoms with Crippen molar-refractivity contribution >= 4 is 28.9 Å². The summed E-state index contributed by atoms with van der Waals surface area (Å²) in [5.74, 6) is -8.50. The number of primary amides is 1. The number of anilines is 1. The smallest absolute Gasteiger partial charge is 0.227 e. The molecule has 202 valence electrons. The summed E-state index contributed by atoms with van der Waals surface area (Å²) >= 11 is 0. The lowest BCUT2D eigenvalue weighted by Gasteiger charge is -2.48. The van der Waals surface area contributed by atoms with E-state index in [2.05, 4.69) is 4.90 Å². The summed E-state index contributed by atoms with van der Waals surface area (Å²) in [6, 6.07) is 3.63. The molecule has 0 bridgehead atoms. The van der Waals surface area contributed by atoms with Gasteiger partial charge in [-0.05, 0) is 49.7 Å². The average Bonchev–Trinajstić information content (AvgIpc) is 2.89. The van der Waals surface area contributed by atoms with Gasteiger partial charge < -0.3 is 31.1 Å². The van der Waals surface area contributed by atoms with Crippen molar-refractivity contribution in [3.8, 4) is 5.75 Å². The molecule has 1 aliphatic heterocycles. The number of hydrogen-bond acceptors (Lipinski definition) is 8. The largest absolute Gasteiger partial charge is 0.507 e. The standard InChI is InChI=1S/C28H38N2O7/c1-4-15(12-31)19-22(23(32)14(3)28(29)37)27(36)21-18(25(19)34)13(2)16-8-9-17(24(33)20(16)26(21)35)30-10-6-5-7-11-30/h8-9,13-15,18-19,22,25,31,33-35H,4-7,10-12H2,1-3H3,(H2,29,37)/t13-,14?,15+,18+,19-,22+,25-/m0/s1. The third kappa shape index (κ3) is 4.32. The van der Waals surface area contributed by atoms with E-state index in [1.165, 1.54) is 6.92 Å². The van der Waals surface area contributed by atoms with Crippen molar-refractivity contribution in [2.45, 2.75) is 58.5 Å². The number of carbonyl (C=O) groups is 3. The molecule has 1 aromatic rings. The molecule has 2 aliphatic carbocycles. The van der Waals surface area contributed by atoms with Crippen LogP contribution in [0.25, 0.3) is 5.76 Å². The molecule has 4 rings (SSSR count). The molecule has 1 aromatic carbocycles. The third-order valence-corrected chi connectivity index (χ3v) is 8.90. The first-order valence-corrected chi connectivity index (χ1v) is 13.3. The number of amides is 1. The monoisotopic (exact) mass is 514 g/mol. The highest BCUT2D eigenvalue weighted by Crippen LogP contribution is 2.54. The van der Waals surface area contributed by atoms with E-state index in [0.717, 1.165) is 32.4 Å². The molecule has 6 N–H and O–H groups in total. The first kappa shape index (κ1) is 27.1. The summed E-state index contributed by atoms with van der Waals surface area (Å²) in [6.07, 6.45) is 2.21. The minimum absolute atomic E-state index is 0.113. The molecular formula is C28H38N2O7. The van der Waals surface area contributed by atoms with Crippen molar-refractivity contribution in [3.63, 3.8) is 0 Å². The predicted octanol–water partition coefficient (Wildman–Crippen LogP) is 2.27. The number of phenolic OH excluding ortho intramolecular Hbond substituents is 1. The van der Waals surface area contributed by atoms with Gasteiger partial charge in [-0.25, -0.2) is 0 Å². The molecular weight excluding hydrogens is 476 g/mol. The van der Waals surface area contributed by atoms with Crippen molar-refractivity contribution in [2.24, 2.45) is 35.3 Å². The maximum absolute atomic E-state index is 14.0. The number of aliphatic hydroxyl groups excluding tert-OH is 3. The number of aromatic hydroxyl groups is 1. The fourth-order valence-electron chi connectivity index (χ4n) is 6.68. The Bertz CT molecular complexity index is 1120. The van der Waals surface area contributed by atoms with Gasteiger partial charge in [-0.1, -0.05) is 26.3 Å². The van der Waals surface area contributed by atoms with Gasteiger partial charge in [0.2, 0.25) is 5.91 Å². The molecule has 0 aromatic heterocycles. The van der Waals surface area contributed by atoms with Crippen LogP contribution in [-0.4, -0.2) is 63.7 Å². The summed E-state index contributed by atoms with van der Waals surface area (Å²) < 4.78 is 0. The van der Waals surface area contributed by atoms with E-state index in [1.807, 2.05) is 19.1 Å². The van der Waals surface area contributed by atoms with Crippen LogP contribution in [0.3, 0.4) is 0 Å². The number of piperidine rings is 1. The van der Waals surface area contributed by atoms with Crippen LogP contribution in [0.15, 0.2) is 17.7 Å². The Morgan fingerprint density at radius 3 is 2.38 bits per heavy atom. The Hall–Kier alpha value is -2.91. The van der Waals surface area contributed by atoms with Gasteiger partial charge in [0.05, 0.1) is 29.2 Å². The van der Waals surface area contributed by atoms with E-state index >= 15 is 0 Å². The molecule has 1 saturated heterocycles. The Labute approximate surface area is 217 Å². The number of fused-ring (bicyclic) bond motifs is 2. The molecule has 37 heavy (non-hydrogen) atoms. The molecule has 9 nitrogen and oxygen atoms in total. The molecule has 1 saturated carbocycles. The highest BCUT2D eigenvalue weighted by molar-refractivity contribution is 6.18. The predicted molar refractivity (Wildman–Crippen MR) is 138 cm³/mol. The lowest BCUT2D eigenvalue weighted by Crippen LogP contribution is -2.55. The van der Waals surface area contributed by atoms with Crippen LogP contribution in [0.1, 0.15) is 63.5 Å². The van der Waals surface area contributed by atoms with Gasteiger partial charge in [-0.3, -0.25) is 14.4 Å². The first-order valence-electron chi connectivity index (χ1n) is 13.3. The van der Waals surface area contributed by atoms with Gasteiger partial charge in [0.15, 0.2) is 11.6 Å². The second-order valence-electron chi connectivity index (χ2n) is 10.8. The summed E-state index contributed by atoms with van der Waals surface area (Å²) in [5, 5.41) is 44.5. The van der Waals surface area contributed by atoms with E-state index < -0.39 is 64.8 Å². The lowest BCUT2D eigenvalue weighted by atomic mass is 9.56. The number of rotatable bonds is 7. The molecule has 9 heteroatoms. The number of benzene rings is 1. The Morgan fingerprint density at radius 2 is 1.81 bits per heavy atom. The normalized spacial score (nSPS) is 29.4. The average molecular weight is 515 g/mol. The second kappa shape index (κ2) is 10.5. The van der Waals surface area contributed by atoms with Crippen LogP contribution < -0.4 is 10.6 Å². The fraction of sp³-hybridized carbons (Fsp3) is 0.607. The zero-order valence-corrected chi connectivity index (χ0v) is 21.7. The summed E-state index contributed by atoms with van der Waals surface area (Å²) in [7, 11) is 0. The maximum atomic E-state index is 14.0. The number of nitrogens with zero attached hydrogens (tertiary/aromatic N) is 1. The molecule has 1 amide bonds. The number of carbonyl (C=O) groups excluding carboxylic acids is 3. The van der Waals surface area contributed by atoms with Crippen molar-refractivity contribution in [1.29, 1.82) is 0 Å². The third-order valence-electron chi connectivity index (χ3n) is 8.90. The van der Waals surface area contributed by atoms with E-state index in [-0.39, 0.29) is 23.5 Å². The van der Waals surface area contributed by atoms with Crippen molar-refractivity contribution in [3.05, 3.63) is 28.8 Å². The van der Waals surface area contributed by atoms with E-state index in [0.29, 0.717) is 17.7 Å². The van der Waals surface area contributed by atoms with Gasteiger partial charge in [0, 0.05) is 37.1 Å². The Kier molecular flexibility index (Phi) is 7.67. The van der Waals surface area contributed by atoms with Crippen molar-refractivity contribution in [2.75, 3.05) is 24.6 Å². The van der Waals surface area contributed by atoms with Crippen LogP contribution >= 0.6 is 0 Å². The molecule has 7 atom stereocenters. The van der Waals surface area contributed by atoms with E-state index in [9.17, 15) is 34.8 Å². The van der Waals surface area contributed by atoms with Gasteiger partial charge in [0.1, 0.15) is 11.5 Å². The van der Waals surface area contributed by atoms with E-state index in [1.54, 1.807) is 6.92 Å². The number of aliphatic hydroxyl groups is 3. The number of ketones is 2. The summed E-state index contributed by atoms with van der Waals surface area (Å²) in [6.45, 7) is 6.10. The van der Waals surface area contributed by atoms with Crippen LogP contribution in [0.4, 0.5) is 5.69 Å². The molecule has 3 aliphatic rings. The van der Waals surface area contributed by atoms with Gasteiger partial charge >= 0.3 is 0 Å². The van der Waals surface area contributed by atoms with E-state index in [4.69, 9.17) is 5.73 Å². The number of nitrogens with two attached hydrogens (primary N) is 1. The number of hydrogen-bond donors (Lipinski definition) is 5. The van der Waals surface area contributed by atoms with Crippen molar-refractivity contribution in [1.82, 2.24) is 0 Å². The Balaban J connectivity index is 1.89. The van der Waals surface area contributed by atoms with Crippen LogP contribution in [0.5, 0.6) is 5.75 Å². The van der Waals surface area contributed by atoms with Crippen LogP contribution in [-0.2, 0) is 14.4 Å². The zero-order valence-electron chi connectivity index (χ0n) is 21.7. The second-order valence-corrected chi connectivity index (χ2v) is 10.8. The van der Waals surface area contributed by atoms with Gasteiger partial charge in [-0.2, -0.15) is 0 Å². The molecule has 2 fully saturated rings. The SMILES string of the molecule is CC[C@H](CO)[C@H]1[C@H](C(=O)C(C)C(N)=O)C(=O)C2=C(O)c3c(ccc(N4CCCCC4)c3O)[C@H](C)[C@H]2[C@@H]1O. The summed E-state index contributed by atoms with van der Waals surface area (Å²) in [4.78, 5) is 41.3. The topological polar surface area (TPSA) is 161 Å². The lowest BCUT2D eigenvalue weighted by molar-refractivity contribution is -0.147. The molecule has 0 radical (unpaired) electrons. The highest BCUT2D eigenvalue weighted by Gasteiger charge is 2.56. The van der Waals surface area contributed by atoms with Gasteiger partial charge in [-0.15, -0.1) is 0 Å². The summed E-state index contributed by atoms with van der Waals surface area (Å²) in [5.41, 5.74) is 6.58. The highest BCUT2D eigenvalue weighted by atomic mass is 16.3. The molecule has 1 unspecified atom stereocenters. The number of Topliss-reactive ketones (excluding diaryl/α,β-unsaturated/α-hetero) is 2. The Morgan fingerprint density at radius 1 is 1.16 bits per heavy atom. The quantitative estimate of drug-likeness (QED) is 0.346. The minimum Gasteiger partial charge on any atom is -0.507 e. The van der Waals surface area contributed by atoms with Crippen LogP contribution in [0, 0.1) is 29.6 Å². The minimum atomic E-state index is -1.45. The van der Waals surface area contributed by atoms with Crippen molar-refractivity contribution < 1.29 is 34.8 Å². The first-order chi connectivity index (χ1) is 17.6. The maximum Gasteiger partial charge on any atom is 0.227 e. The molecule has 0 spiro atoms. The number of phenols is 1. The molecule has 1 heterocycles. The van der Waals surface area contributed by atoms with Gasteiger partial charge in [0.25, 0.3) is 0 Å².